The van der Waals surface area contributed by atoms with Crippen molar-refractivity contribution < 1.29 is 14.3 Å². The van der Waals surface area contributed by atoms with Crippen LogP contribution >= 0.6 is 11.3 Å². The predicted octanol–water partition coefficient (Wildman–Crippen LogP) is 3.13. The number of rotatable bonds is 5. The van der Waals surface area contributed by atoms with E-state index in [0.717, 1.165) is 16.9 Å². The first kappa shape index (κ1) is 17.0. The van der Waals surface area contributed by atoms with Crippen LogP contribution in [0.1, 0.15) is 45.0 Å². The lowest BCUT2D eigenvalue weighted by molar-refractivity contribution is 0.0383. The molecule has 0 bridgehead atoms. The molecule has 122 valence electrons. The number of thiophene rings is 1. The van der Waals surface area contributed by atoms with Crippen molar-refractivity contribution in [1.82, 2.24) is 5.32 Å². The summed E-state index contributed by atoms with van der Waals surface area (Å²) in [7, 11) is 0. The van der Waals surface area contributed by atoms with Crippen molar-refractivity contribution in [2.75, 3.05) is 5.73 Å². The summed E-state index contributed by atoms with van der Waals surface area (Å²) in [6.45, 7) is 5.66. The number of anilines is 1. The minimum atomic E-state index is -0.448. The average Bonchev–Trinajstić information content (AvgIpc) is 2.80. The summed E-state index contributed by atoms with van der Waals surface area (Å²) < 4.78 is 5.18. The summed E-state index contributed by atoms with van der Waals surface area (Å²) in [5, 5.41) is 3.15. The third kappa shape index (κ3) is 4.10. The summed E-state index contributed by atoms with van der Waals surface area (Å²) >= 11 is 1.08. The molecule has 1 aromatic heterocycles. The molecule has 2 rings (SSSR count). The lowest BCUT2D eigenvalue weighted by atomic mass is 10.1. The predicted molar refractivity (Wildman–Crippen MR) is 91.6 cm³/mol. The van der Waals surface area contributed by atoms with Gasteiger partial charge in [0.2, 0.25) is 0 Å². The Labute approximate surface area is 139 Å². The molecule has 0 atom stereocenters. The first-order valence-electron chi connectivity index (χ1n) is 7.32. The van der Waals surface area contributed by atoms with Gasteiger partial charge in [-0.3, -0.25) is 4.79 Å². The number of amides is 1. The molecule has 6 heteroatoms. The molecule has 0 aliphatic heterocycles. The summed E-state index contributed by atoms with van der Waals surface area (Å²) in [5.74, 6) is -0.736. The minimum absolute atomic E-state index is 0.222. The van der Waals surface area contributed by atoms with Crippen LogP contribution in [0.5, 0.6) is 0 Å². The van der Waals surface area contributed by atoms with Crippen LogP contribution in [0, 0.1) is 6.92 Å². The molecule has 0 saturated heterocycles. The standard InChI is InChI=1S/C17H20N2O3S/c1-10(2)22-17(21)14-11(3)13(15(18)23-14)16(20)19-9-12-7-5-4-6-8-12/h4-8,10H,9,18H2,1-3H3,(H,19,20). The number of esters is 1. The van der Waals surface area contributed by atoms with Crippen molar-refractivity contribution in [1.29, 1.82) is 0 Å². The fourth-order valence-corrected chi connectivity index (χ4v) is 3.10. The molecule has 0 aliphatic rings. The molecule has 1 amide bonds. The molecule has 0 aliphatic carbocycles. The monoisotopic (exact) mass is 332 g/mol. The normalized spacial score (nSPS) is 10.6. The summed E-state index contributed by atoms with van der Waals surface area (Å²) in [4.78, 5) is 24.8. The van der Waals surface area contributed by atoms with E-state index in [1.807, 2.05) is 30.3 Å². The van der Waals surface area contributed by atoms with Gasteiger partial charge in [0, 0.05) is 6.54 Å². The fourth-order valence-electron chi connectivity index (χ4n) is 2.15. The fraction of sp³-hybridized carbons (Fsp3) is 0.294. The van der Waals surface area contributed by atoms with Crippen LogP contribution in [0.15, 0.2) is 30.3 Å². The topological polar surface area (TPSA) is 81.4 Å². The van der Waals surface area contributed by atoms with Crippen LogP contribution in [0.25, 0.3) is 0 Å². The van der Waals surface area contributed by atoms with Crippen LogP contribution in [-0.4, -0.2) is 18.0 Å². The largest absolute Gasteiger partial charge is 0.459 e. The van der Waals surface area contributed by atoms with Crippen molar-refractivity contribution in [2.24, 2.45) is 0 Å². The maximum atomic E-state index is 12.4. The molecular weight excluding hydrogens is 312 g/mol. The van der Waals surface area contributed by atoms with E-state index in [2.05, 4.69) is 5.32 Å². The highest BCUT2D eigenvalue weighted by molar-refractivity contribution is 7.18. The third-order valence-corrected chi connectivity index (χ3v) is 4.33. The molecular formula is C17H20N2O3S. The van der Waals surface area contributed by atoms with Gasteiger partial charge >= 0.3 is 5.97 Å². The highest BCUT2D eigenvalue weighted by Crippen LogP contribution is 2.31. The van der Waals surface area contributed by atoms with E-state index in [-0.39, 0.29) is 12.0 Å². The zero-order valence-electron chi connectivity index (χ0n) is 13.4. The molecule has 2 aromatic rings. The summed E-state index contributed by atoms with van der Waals surface area (Å²) in [5.41, 5.74) is 7.83. The number of hydrogen-bond acceptors (Lipinski definition) is 5. The Morgan fingerprint density at radius 3 is 2.52 bits per heavy atom. The average molecular weight is 332 g/mol. The number of benzene rings is 1. The van der Waals surface area contributed by atoms with E-state index in [4.69, 9.17) is 10.5 Å². The van der Waals surface area contributed by atoms with E-state index in [1.54, 1.807) is 20.8 Å². The highest BCUT2D eigenvalue weighted by atomic mass is 32.1. The summed E-state index contributed by atoms with van der Waals surface area (Å²) in [6, 6.07) is 9.58. The Kier molecular flexibility index (Phi) is 5.39. The van der Waals surface area contributed by atoms with Gasteiger partial charge in [0.1, 0.15) is 4.88 Å². The zero-order valence-corrected chi connectivity index (χ0v) is 14.2. The van der Waals surface area contributed by atoms with Crippen molar-refractivity contribution >= 4 is 28.2 Å². The van der Waals surface area contributed by atoms with E-state index >= 15 is 0 Å². The molecule has 0 fully saturated rings. The van der Waals surface area contributed by atoms with Crippen LogP contribution in [-0.2, 0) is 11.3 Å². The number of nitrogen functional groups attached to an aromatic ring is 1. The number of hydrogen-bond donors (Lipinski definition) is 2. The van der Waals surface area contributed by atoms with Gasteiger partial charge in [-0.2, -0.15) is 0 Å². The van der Waals surface area contributed by atoms with Crippen LogP contribution in [0.3, 0.4) is 0 Å². The smallest absolute Gasteiger partial charge is 0.348 e. The molecule has 0 spiro atoms. The maximum absolute atomic E-state index is 12.4. The van der Waals surface area contributed by atoms with Gasteiger partial charge in [0.05, 0.1) is 16.7 Å². The van der Waals surface area contributed by atoms with E-state index in [0.29, 0.717) is 27.5 Å². The molecule has 23 heavy (non-hydrogen) atoms. The van der Waals surface area contributed by atoms with Crippen LogP contribution in [0.2, 0.25) is 0 Å². The van der Waals surface area contributed by atoms with Crippen molar-refractivity contribution in [3.63, 3.8) is 0 Å². The SMILES string of the molecule is Cc1c(C(=O)OC(C)C)sc(N)c1C(=O)NCc1ccccc1. The lowest BCUT2D eigenvalue weighted by Crippen LogP contribution is -2.24. The number of carbonyl (C=O) groups excluding carboxylic acids is 2. The first-order chi connectivity index (χ1) is 10.9. The Morgan fingerprint density at radius 2 is 1.91 bits per heavy atom. The van der Waals surface area contributed by atoms with Gasteiger partial charge < -0.3 is 15.8 Å². The van der Waals surface area contributed by atoms with Gasteiger partial charge in [-0.25, -0.2) is 4.79 Å². The molecule has 1 heterocycles. The molecule has 5 nitrogen and oxygen atoms in total. The van der Waals surface area contributed by atoms with Gasteiger partial charge in [-0.15, -0.1) is 11.3 Å². The van der Waals surface area contributed by atoms with Gasteiger partial charge in [-0.05, 0) is 31.9 Å². The zero-order chi connectivity index (χ0) is 17.0. The molecule has 1 aromatic carbocycles. The number of nitrogens with two attached hydrogens (primary N) is 1. The first-order valence-corrected chi connectivity index (χ1v) is 8.13. The van der Waals surface area contributed by atoms with E-state index in [9.17, 15) is 9.59 Å². The molecule has 0 unspecified atom stereocenters. The second-order valence-corrected chi connectivity index (χ2v) is 6.47. The van der Waals surface area contributed by atoms with Crippen LogP contribution in [0.4, 0.5) is 5.00 Å². The van der Waals surface area contributed by atoms with Gasteiger partial charge in [0.25, 0.3) is 5.91 Å². The van der Waals surface area contributed by atoms with Crippen molar-refractivity contribution in [2.45, 2.75) is 33.4 Å². The second-order valence-electron chi connectivity index (χ2n) is 5.42. The van der Waals surface area contributed by atoms with Gasteiger partial charge in [0.15, 0.2) is 0 Å². The minimum Gasteiger partial charge on any atom is -0.459 e. The molecule has 0 radical (unpaired) electrons. The van der Waals surface area contributed by atoms with Crippen molar-refractivity contribution in [3.05, 3.63) is 51.9 Å². The molecule has 3 N–H and O–H groups in total. The number of nitrogens with one attached hydrogen (secondary N) is 1. The van der Waals surface area contributed by atoms with Crippen LogP contribution < -0.4 is 11.1 Å². The highest BCUT2D eigenvalue weighted by Gasteiger charge is 2.24. The lowest BCUT2D eigenvalue weighted by Gasteiger charge is -2.08. The van der Waals surface area contributed by atoms with E-state index < -0.39 is 5.97 Å². The third-order valence-electron chi connectivity index (χ3n) is 3.23. The summed E-state index contributed by atoms with van der Waals surface area (Å²) in [6.07, 6.45) is -0.222. The Bertz CT molecular complexity index is 708. The molecule has 0 saturated carbocycles. The van der Waals surface area contributed by atoms with Gasteiger partial charge in [-0.1, -0.05) is 30.3 Å². The number of carbonyl (C=O) groups is 2. The Balaban J connectivity index is 2.14. The van der Waals surface area contributed by atoms with Crippen molar-refractivity contribution in [3.8, 4) is 0 Å². The quantitative estimate of drug-likeness (QED) is 0.824. The number of ether oxygens (including phenoxy) is 1. The van der Waals surface area contributed by atoms with E-state index in [1.165, 1.54) is 0 Å². The maximum Gasteiger partial charge on any atom is 0.348 e. The Morgan fingerprint density at radius 1 is 1.26 bits per heavy atom. The second kappa shape index (κ2) is 7.28. The Hall–Kier alpha value is -2.34.